The van der Waals surface area contributed by atoms with Gasteiger partial charge in [-0.05, 0) is 45.4 Å². The summed E-state index contributed by atoms with van der Waals surface area (Å²) in [6.07, 6.45) is -0.530. The number of nitrogens with one attached hydrogen (secondary N) is 2. The van der Waals surface area contributed by atoms with Crippen LogP contribution in [0.15, 0.2) is 29.3 Å². The van der Waals surface area contributed by atoms with E-state index in [0.717, 1.165) is 24.4 Å². The highest BCUT2D eigenvalue weighted by Gasteiger charge is 2.09. The summed E-state index contributed by atoms with van der Waals surface area (Å²) in [5.41, 5.74) is 0.809. The first kappa shape index (κ1) is 21.0. The third kappa shape index (κ3) is 7.84. The summed E-state index contributed by atoms with van der Waals surface area (Å²) in [5, 5.41) is 16.5. The van der Waals surface area contributed by atoms with Gasteiger partial charge in [0.25, 0.3) is 0 Å². The van der Waals surface area contributed by atoms with Crippen LogP contribution in [0.1, 0.15) is 39.4 Å². The van der Waals surface area contributed by atoms with Crippen molar-refractivity contribution < 1.29 is 9.84 Å². The number of hydrogen-bond acceptors (Lipinski definition) is 3. The van der Waals surface area contributed by atoms with Gasteiger partial charge in [-0.15, -0.1) is 24.0 Å². The minimum absolute atomic E-state index is 0. The second-order valence-electron chi connectivity index (χ2n) is 5.00. The van der Waals surface area contributed by atoms with Crippen LogP contribution >= 0.6 is 24.0 Å². The number of halogens is 1. The number of hydrogen-bond donors (Lipinski definition) is 3. The van der Waals surface area contributed by atoms with Gasteiger partial charge in [0.1, 0.15) is 5.75 Å². The molecule has 0 aliphatic heterocycles. The first-order chi connectivity index (χ1) is 10.1. The Morgan fingerprint density at radius 1 is 1.23 bits per heavy atom. The number of aliphatic imine (C=N–C) groups is 1. The SMILES string of the molecule is CCNC(=NCC(O)c1cccc(OC(C)C)c1)NCC.I. The zero-order valence-corrected chi connectivity index (χ0v) is 16.1. The Balaban J connectivity index is 0.00000441. The predicted octanol–water partition coefficient (Wildman–Crippen LogP) is 2.70. The smallest absolute Gasteiger partial charge is 0.191 e. The lowest BCUT2D eigenvalue weighted by Gasteiger charge is -2.14. The van der Waals surface area contributed by atoms with Gasteiger partial charge < -0.3 is 20.5 Å². The fourth-order valence-corrected chi connectivity index (χ4v) is 1.86. The molecule has 1 rings (SSSR count). The minimum Gasteiger partial charge on any atom is -0.491 e. The Morgan fingerprint density at radius 2 is 1.86 bits per heavy atom. The average Bonchev–Trinajstić information content (AvgIpc) is 2.44. The molecule has 0 aliphatic carbocycles. The van der Waals surface area contributed by atoms with E-state index in [9.17, 15) is 5.11 Å². The zero-order chi connectivity index (χ0) is 15.7. The number of nitrogens with zero attached hydrogens (tertiary/aromatic N) is 1. The van der Waals surface area contributed by atoms with E-state index in [2.05, 4.69) is 15.6 Å². The van der Waals surface area contributed by atoms with Crippen LogP contribution in [-0.4, -0.2) is 36.8 Å². The molecule has 22 heavy (non-hydrogen) atoms. The normalized spacial score (nSPS) is 11.4. The van der Waals surface area contributed by atoms with Gasteiger partial charge in [0.15, 0.2) is 5.96 Å². The molecule has 0 aliphatic rings. The Labute approximate surface area is 150 Å². The van der Waals surface area contributed by atoms with Gasteiger partial charge in [-0.3, -0.25) is 4.99 Å². The predicted molar refractivity (Wildman–Crippen MR) is 102 cm³/mol. The van der Waals surface area contributed by atoms with E-state index in [1.807, 2.05) is 52.0 Å². The maximum Gasteiger partial charge on any atom is 0.191 e. The van der Waals surface area contributed by atoms with E-state index in [0.29, 0.717) is 12.5 Å². The molecule has 0 fully saturated rings. The van der Waals surface area contributed by atoms with Gasteiger partial charge >= 0.3 is 0 Å². The van der Waals surface area contributed by atoms with Gasteiger partial charge in [0.2, 0.25) is 0 Å². The molecule has 1 atom stereocenters. The number of benzene rings is 1. The molecule has 0 saturated heterocycles. The maximum absolute atomic E-state index is 10.2. The molecule has 1 unspecified atom stereocenters. The molecule has 6 heteroatoms. The van der Waals surface area contributed by atoms with Gasteiger partial charge in [-0.25, -0.2) is 0 Å². The highest BCUT2D eigenvalue weighted by atomic mass is 127. The van der Waals surface area contributed by atoms with Crippen molar-refractivity contribution in [3.8, 4) is 5.75 Å². The highest BCUT2D eigenvalue weighted by molar-refractivity contribution is 14.0. The summed E-state index contributed by atoms with van der Waals surface area (Å²) in [7, 11) is 0. The van der Waals surface area contributed by atoms with Crippen molar-refractivity contribution >= 4 is 29.9 Å². The van der Waals surface area contributed by atoms with Gasteiger partial charge in [0.05, 0.1) is 18.8 Å². The van der Waals surface area contributed by atoms with Crippen molar-refractivity contribution in [3.05, 3.63) is 29.8 Å². The standard InChI is InChI=1S/C16H27N3O2.HI/c1-5-17-16(18-6-2)19-11-15(20)13-8-7-9-14(10-13)21-12(3)4;/h7-10,12,15,20H,5-6,11H2,1-4H3,(H2,17,18,19);1H. The van der Waals surface area contributed by atoms with Crippen molar-refractivity contribution in [2.45, 2.75) is 39.9 Å². The Bertz CT molecular complexity index is 445. The second-order valence-corrected chi connectivity index (χ2v) is 5.00. The Morgan fingerprint density at radius 3 is 2.41 bits per heavy atom. The van der Waals surface area contributed by atoms with E-state index >= 15 is 0 Å². The summed E-state index contributed by atoms with van der Waals surface area (Å²) < 4.78 is 5.64. The molecule has 1 aromatic rings. The zero-order valence-electron chi connectivity index (χ0n) is 13.8. The number of ether oxygens (including phenoxy) is 1. The molecule has 5 nitrogen and oxygen atoms in total. The van der Waals surface area contributed by atoms with Gasteiger partial charge in [0, 0.05) is 13.1 Å². The molecule has 0 heterocycles. The van der Waals surface area contributed by atoms with Crippen LogP contribution in [0.25, 0.3) is 0 Å². The molecule has 3 N–H and O–H groups in total. The third-order valence-electron chi connectivity index (χ3n) is 2.73. The van der Waals surface area contributed by atoms with Crippen molar-refractivity contribution in [3.63, 3.8) is 0 Å². The molecular weight excluding hydrogens is 393 g/mol. The number of guanidine groups is 1. The van der Waals surface area contributed by atoms with Crippen LogP contribution in [0.2, 0.25) is 0 Å². The van der Waals surface area contributed by atoms with Crippen molar-refractivity contribution in [1.29, 1.82) is 0 Å². The van der Waals surface area contributed by atoms with Crippen molar-refractivity contribution in [1.82, 2.24) is 10.6 Å². The topological polar surface area (TPSA) is 65.9 Å². The summed E-state index contributed by atoms with van der Waals surface area (Å²) in [4.78, 5) is 4.37. The number of rotatable bonds is 7. The van der Waals surface area contributed by atoms with E-state index < -0.39 is 6.10 Å². The molecule has 1 aromatic carbocycles. The molecule has 0 saturated carbocycles. The molecular formula is C16H28IN3O2. The first-order valence-electron chi connectivity index (χ1n) is 7.53. The van der Waals surface area contributed by atoms with Crippen molar-refractivity contribution in [2.24, 2.45) is 4.99 Å². The first-order valence-corrected chi connectivity index (χ1v) is 7.53. The van der Waals surface area contributed by atoms with Gasteiger partial charge in [-0.1, -0.05) is 12.1 Å². The van der Waals surface area contributed by atoms with E-state index in [4.69, 9.17) is 4.74 Å². The molecule has 0 radical (unpaired) electrons. The lowest BCUT2D eigenvalue weighted by atomic mass is 10.1. The summed E-state index contributed by atoms with van der Waals surface area (Å²) >= 11 is 0. The summed E-state index contributed by atoms with van der Waals surface area (Å²) in [6, 6.07) is 7.52. The molecule has 0 aromatic heterocycles. The van der Waals surface area contributed by atoms with Crippen LogP contribution in [0.3, 0.4) is 0 Å². The van der Waals surface area contributed by atoms with E-state index in [1.165, 1.54) is 0 Å². The molecule has 126 valence electrons. The van der Waals surface area contributed by atoms with Crippen LogP contribution < -0.4 is 15.4 Å². The molecule has 0 bridgehead atoms. The van der Waals surface area contributed by atoms with Crippen molar-refractivity contribution in [2.75, 3.05) is 19.6 Å². The summed E-state index contributed by atoms with van der Waals surface area (Å²) in [6.45, 7) is 9.87. The summed E-state index contributed by atoms with van der Waals surface area (Å²) in [5.74, 6) is 1.48. The fraction of sp³-hybridized carbons (Fsp3) is 0.562. The van der Waals surface area contributed by atoms with Crippen LogP contribution in [0, 0.1) is 0 Å². The van der Waals surface area contributed by atoms with Crippen LogP contribution in [-0.2, 0) is 0 Å². The Kier molecular flexibility index (Phi) is 11.0. The molecule has 0 amide bonds. The quantitative estimate of drug-likeness (QED) is 0.360. The molecule has 0 spiro atoms. The fourth-order valence-electron chi connectivity index (χ4n) is 1.86. The lowest BCUT2D eigenvalue weighted by Crippen LogP contribution is -2.37. The minimum atomic E-state index is -0.645. The van der Waals surface area contributed by atoms with Crippen LogP contribution in [0.5, 0.6) is 5.75 Å². The second kappa shape index (κ2) is 11.5. The largest absolute Gasteiger partial charge is 0.491 e. The van der Waals surface area contributed by atoms with E-state index in [-0.39, 0.29) is 30.1 Å². The average molecular weight is 421 g/mol. The van der Waals surface area contributed by atoms with E-state index in [1.54, 1.807) is 0 Å². The monoisotopic (exact) mass is 421 g/mol. The maximum atomic E-state index is 10.2. The Hall–Kier alpha value is -1.02. The number of aliphatic hydroxyl groups excluding tert-OH is 1. The van der Waals surface area contributed by atoms with Crippen LogP contribution in [0.4, 0.5) is 0 Å². The van der Waals surface area contributed by atoms with Gasteiger partial charge in [-0.2, -0.15) is 0 Å². The highest BCUT2D eigenvalue weighted by Crippen LogP contribution is 2.20. The third-order valence-corrected chi connectivity index (χ3v) is 2.73. The number of aliphatic hydroxyl groups is 1. The lowest BCUT2D eigenvalue weighted by molar-refractivity contribution is 0.185.